The Bertz CT molecular complexity index is 795. The van der Waals surface area contributed by atoms with Gasteiger partial charge in [-0.2, -0.15) is 0 Å². The molecule has 120 valence electrons. The second-order valence-corrected chi connectivity index (χ2v) is 4.12. The van der Waals surface area contributed by atoms with Crippen LogP contribution in [0, 0.1) is 0 Å². The molecule has 0 aliphatic rings. The lowest BCUT2D eigenvalue weighted by atomic mass is 10.1. The fourth-order valence-electron chi connectivity index (χ4n) is 1.54. The Labute approximate surface area is 130 Å². The van der Waals surface area contributed by atoms with Crippen molar-refractivity contribution in [3.8, 4) is 0 Å². The number of rotatable bonds is 5. The van der Waals surface area contributed by atoms with E-state index in [2.05, 4.69) is 9.47 Å². The smallest absolute Gasteiger partial charge is 0.347 e. The van der Waals surface area contributed by atoms with Crippen LogP contribution in [0.1, 0.15) is 33.4 Å². The Balaban J connectivity index is 3.46. The Morgan fingerprint density at radius 3 is 2.35 bits per heavy atom. The van der Waals surface area contributed by atoms with Crippen molar-refractivity contribution >= 4 is 29.7 Å². The van der Waals surface area contributed by atoms with E-state index < -0.39 is 23.3 Å². The number of methoxy groups -OCH3 is 2. The molecule has 0 radical (unpaired) electrons. The van der Waals surface area contributed by atoms with Crippen molar-refractivity contribution in [3.05, 3.63) is 50.4 Å². The van der Waals surface area contributed by atoms with Gasteiger partial charge >= 0.3 is 17.6 Å². The van der Waals surface area contributed by atoms with Crippen LogP contribution < -0.4 is 5.63 Å². The lowest BCUT2D eigenvalue weighted by Gasteiger charge is -2.05. The molecule has 1 rings (SSSR count). The summed E-state index contributed by atoms with van der Waals surface area (Å²) >= 11 is 0. The van der Waals surface area contributed by atoms with Gasteiger partial charge in [-0.25, -0.2) is 14.4 Å². The average molecular weight is 318 g/mol. The highest BCUT2D eigenvalue weighted by Gasteiger charge is 2.18. The number of ether oxygens (including phenoxy) is 2. The summed E-state index contributed by atoms with van der Waals surface area (Å²) in [4.78, 5) is 46.1. The summed E-state index contributed by atoms with van der Waals surface area (Å²) in [7, 11) is 2.20. The third kappa shape index (κ3) is 4.12. The maximum atomic E-state index is 11.7. The number of hydrogen-bond acceptors (Lipinski definition) is 7. The van der Waals surface area contributed by atoms with Crippen molar-refractivity contribution in [2.45, 2.75) is 6.92 Å². The van der Waals surface area contributed by atoms with Crippen molar-refractivity contribution in [1.82, 2.24) is 0 Å². The van der Waals surface area contributed by atoms with Crippen LogP contribution >= 0.6 is 0 Å². The first-order valence-electron chi connectivity index (χ1n) is 6.16. The highest BCUT2D eigenvalue weighted by molar-refractivity contribution is 6.03. The van der Waals surface area contributed by atoms with Crippen molar-refractivity contribution in [2.75, 3.05) is 14.2 Å². The van der Waals surface area contributed by atoms with Gasteiger partial charge in [0.05, 0.1) is 19.8 Å². The van der Waals surface area contributed by atoms with Gasteiger partial charge in [-0.1, -0.05) is 0 Å². The normalized spacial score (nSPS) is 10.0. The zero-order valence-corrected chi connectivity index (χ0v) is 12.5. The third-order valence-corrected chi connectivity index (χ3v) is 2.69. The van der Waals surface area contributed by atoms with Gasteiger partial charge < -0.3 is 19.3 Å². The second kappa shape index (κ2) is 7.67. The molecule has 0 fully saturated rings. The first-order chi connectivity index (χ1) is 10.8. The van der Waals surface area contributed by atoms with E-state index in [1.54, 1.807) is 5.87 Å². The lowest BCUT2D eigenvalue weighted by molar-refractivity contribution is -0.135. The maximum Gasteiger partial charge on any atom is 0.347 e. The van der Waals surface area contributed by atoms with Gasteiger partial charge in [0.15, 0.2) is 5.78 Å². The summed E-state index contributed by atoms with van der Waals surface area (Å²) in [6.07, 6.45) is 2.08. The molecule has 0 N–H and O–H groups in total. The van der Waals surface area contributed by atoms with E-state index >= 15 is 0 Å². The molecular formula is C15H12NO7-. The van der Waals surface area contributed by atoms with E-state index in [1.807, 2.05) is 0 Å². The van der Waals surface area contributed by atoms with Crippen LogP contribution in [0.3, 0.4) is 0 Å². The molecule has 8 nitrogen and oxygen atoms in total. The standard InChI is InChI=1S/C15H12NO7/c1-8(17)10-6-11(14(19)22-3)12(23-15(10)20)5-4-9(7-16)13(18)21-2/h4-6H,1-3H3/q-1/b5-4+. The summed E-state index contributed by atoms with van der Waals surface area (Å²) in [6, 6.07) is 1.03. The predicted octanol–water partition coefficient (Wildman–Crippen LogP) is 0.981. The summed E-state index contributed by atoms with van der Waals surface area (Å²) in [5.74, 6) is -1.00. The molecule has 8 heteroatoms. The molecule has 0 atom stereocenters. The molecule has 1 aromatic heterocycles. The molecule has 0 bridgehead atoms. The molecule has 0 aliphatic carbocycles. The van der Waals surface area contributed by atoms with Gasteiger partial charge in [-0.3, -0.25) is 10.7 Å². The van der Waals surface area contributed by atoms with Crippen LogP contribution in [-0.4, -0.2) is 37.8 Å². The van der Waals surface area contributed by atoms with Crippen molar-refractivity contribution < 1.29 is 28.3 Å². The van der Waals surface area contributed by atoms with E-state index in [9.17, 15) is 19.2 Å². The van der Waals surface area contributed by atoms with Gasteiger partial charge in [-0.05, 0) is 25.1 Å². The summed E-state index contributed by atoms with van der Waals surface area (Å²) in [6.45, 7) is 1.14. The monoisotopic (exact) mass is 318 g/mol. The van der Waals surface area contributed by atoms with Crippen LogP contribution in [0.2, 0.25) is 0 Å². The number of ketones is 1. The molecule has 1 aromatic rings. The van der Waals surface area contributed by atoms with Gasteiger partial charge in [0.1, 0.15) is 16.9 Å². The third-order valence-electron chi connectivity index (χ3n) is 2.69. The maximum absolute atomic E-state index is 11.7. The summed E-state index contributed by atoms with van der Waals surface area (Å²) in [5.41, 5.74) is -1.85. The summed E-state index contributed by atoms with van der Waals surface area (Å²) < 4.78 is 13.8. The van der Waals surface area contributed by atoms with Gasteiger partial charge in [0.25, 0.3) is 0 Å². The molecule has 0 saturated carbocycles. The van der Waals surface area contributed by atoms with Gasteiger partial charge in [0.2, 0.25) is 0 Å². The van der Waals surface area contributed by atoms with Crippen LogP contribution in [0.4, 0.5) is 0 Å². The largest absolute Gasteiger partial charge is 0.763 e. The van der Waals surface area contributed by atoms with E-state index in [0.29, 0.717) is 0 Å². The average Bonchev–Trinajstić information content (AvgIpc) is 2.53. The second-order valence-electron chi connectivity index (χ2n) is 4.12. The van der Waals surface area contributed by atoms with Crippen LogP contribution in [-0.2, 0) is 14.3 Å². The first kappa shape index (κ1) is 17.8. The number of nitrogens with zero attached hydrogens (tertiary/aromatic N) is 1. The highest BCUT2D eigenvalue weighted by atomic mass is 16.5. The lowest BCUT2D eigenvalue weighted by Crippen LogP contribution is -2.16. The zero-order chi connectivity index (χ0) is 17.6. The number of carbonyl (C=O) groups excluding carboxylic acids is 3. The van der Waals surface area contributed by atoms with Crippen molar-refractivity contribution in [3.63, 3.8) is 0 Å². The van der Waals surface area contributed by atoms with Gasteiger partial charge in [0, 0.05) is 0 Å². The Morgan fingerprint density at radius 1 is 1.22 bits per heavy atom. The van der Waals surface area contributed by atoms with Crippen LogP contribution in [0.25, 0.3) is 11.5 Å². The molecule has 23 heavy (non-hydrogen) atoms. The van der Waals surface area contributed by atoms with E-state index in [4.69, 9.17) is 9.83 Å². The SMILES string of the molecule is COC(=O)C(=C=[N-])/C=C/c1oc(=O)c(C(C)=O)cc1C(=O)OC. The zero-order valence-electron chi connectivity index (χ0n) is 12.5. The van der Waals surface area contributed by atoms with E-state index in [0.717, 1.165) is 39.4 Å². The number of esters is 2. The molecule has 0 amide bonds. The Morgan fingerprint density at radius 2 is 1.87 bits per heavy atom. The molecule has 0 aliphatic heterocycles. The minimum absolute atomic E-state index is 0.198. The van der Waals surface area contributed by atoms with E-state index in [-0.39, 0.29) is 22.5 Å². The Kier molecular flexibility index (Phi) is 5.94. The van der Waals surface area contributed by atoms with Crippen molar-refractivity contribution in [2.24, 2.45) is 0 Å². The van der Waals surface area contributed by atoms with Crippen molar-refractivity contribution in [1.29, 1.82) is 0 Å². The fraction of sp³-hybridized carbons (Fsp3) is 0.200. The van der Waals surface area contributed by atoms with Gasteiger partial charge in [-0.15, -0.1) is 0 Å². The molecular weight excluding hydrogens is 306 g/mol. The number of carbonyl (C=O) groups is 3. The quantitative estimate of drug-likeness (QED) is 0.261. The molecule has 0 saturated heterocycles. The Hall–Kier alpha value is -3.25. The molecule has 0 spiro atoms. The number of hydrogen-bond donors (Lipinski definition) is 0. The van der Waals surface area contributed by atoms with Crippen LogP contribution in [0.15, 0.2) is 26.9 Å². The minimum atomic E-state index is -0.957. The highest BCUT2D eigenvalue weighted by Crippen LogP contribution is 2.14. The molecule has 0 aromatic carbocycles. The minimum Gasteiger partial charge on any atom is -0.763 e. The molecule has 0 unspecified atom stereocenters. The fourth-order valence-corrected chi connectivity index (χ4v) is 1.54. The first-order valence-corrected chi connectivity index (χ1v) is 6.16. The summed E-state index contributed by atoms with van der Waals surface area (Å²) in [5, 5.41) is 8.83. The molecule has 1 heterocycles. The topological polar surface area (TPSA) is 122 Å². The predicted molar refractivity (Wildman–Crippen MR) is 79.3 cm³/mol. The van der Waals surface area contributed by atoms with E-state index in [1.165, 1.54) is 0 Å². The number of Topliss-reactive ketones (excluding diaryl/α,β-unsaturated/α-hetero) is 1. The van der Waals surface area contributed by atoms with Crippen LogP contribution in [0.5, 0.6) is 0 Å².